The van der Waals surface area contributed by atoms with Crippen LogP contribution in [0.4, 0.5) is 4.39 Å². The Labute approximate surface area is 97.3 Å². The normalized spacial score (nSPS) is 13.4. The van der Waals surface area contributed by atoms with Gasteiger partial charge in [-0.15, -0.1) is 0 Å². The van der Waals surface area contributed by atoms with Gasteiger partial charge < -0.3 is 5.32 Å². The summed E-state index contributed by atoms with van der Waals surface area (Å²) in [5.74, 6) is -0.589. The van der Waals surface area contributed by atoms with Gasteiger partial charge in [0.05, 0.1) is 0 Å². The lowest BCUT2D eigenvalue weighted by Gasteiger charge is -2.06. The number of hydrogen-bond donors (Lipinski definition) is 1. The Hall–Kier alpha value is -2.23. The maximum absolute atomic E-state index is 13.1. The number of halogens is 1. The lowest BCUT2D eigenvalue weighted by Crippen LogP contribution is -2.12. The fourth-order valence-electron chi connectivity index (χ4n) is 2.09. The minimum absolute atomic E-state index is 0.0728. The Morgan fingerprint density at radius 2 is 2.06 bits per heavy atom. The lowest BCUT2D eigenvalue weighted by molar-refractivity contribution is 0.0966. The van der Waals surface area contributed by atoms with E-state index in [-0.39, 0.29) is 5.91 Å². The second-order valence-electron chi connectivity index (χ2n) is 3.88. The van der Waals surface area contributed by atoms with Crippen LogP contribution in [-0.4, -0.2) is 10.9 Å². The average Bonchev–Trinajstić information content (AvgIpc) is 2.71. The number of amides is 1. The molecule has 0 spiro atoms. The van der Waals surface area contributed by atoms with Crippen LogP contribution in [0.2, 0.25) is 0 Å². The van der Waals surface area contributed by atoms with Gasteiger partial charge in [0.15, 0.2) is 0 Å². The molecule has 0 atom stereocenters. The molecule has 84 valence electrons. The molecule has 1 aromatic heterocycles. The van der Waals surface area contributed by atoms with Crippen LogP contribution in [0, 0.1) is 5.95 Å². The molecule has 1 aromatic carbocycles. The zero-order chi connectivity index (χ0) is 11.8. The first kappa shape index (κ1) is 9.96. The smallest absolute Gasteiger partial charge is 0.251 e. The van der Waals surface area contributed by atoms with Crippen molar-refractivity contribution in [3.05, 3.63) is 53.6 Å². The molecule has 0 radical (unpaired) electrons. The van der Waals surface area contributed by atoms with Gasteiger partial charge >= 0.3 is 0 Å². The Morgan fingerprint density at radius 3 is 2.88 bits per heavy atom. The van der Waals surface area contributed by atoms with Gasteiger partial charge in [0.25, 0.3) is 5.91 Å². The molecule has 0 aliphatic carbocycles. The standard InChI is InChI=1S/C13H9FN2O/c14-12-6-8(4-5-15-12)9-2-1-3-10-11(9)7-16-13(10)17/h1-6H,7H2,(H,16,17). The maximum Gasteiger partial charge on any atom is 0.251 e. The third kappa shape index (κ3) is 1.58. The second-order valence-corrected chi connectivity index (χ2v) is 3.88. The molecule has 1 N–H and O–H groups in total. The largest absolute Gasteiger partial charge is 0.348 e. The minimum atomic E-state index is -0.516. The Balaban J connectivity index is 2.20. The summed E-state index contributed by atoms with van der Waals surface area (Å²) in [6, 6.07) is 8.57. The zero-order valence-corrected chi connectivity index (χ0v) is 8.90. The van der Waals surface area contributed by atoms with E-state index in [4.69, 9.17) is 0 Å². The number of fused-ring (bicyclic) bond motifs is 1. The molecule has 1 aliphatic heterocycles. The van der Waals surface area contributed by atoms with Gasteiger partial charge in [-0.1, -0.05) is 12.1 Å². The van der Waals surface area contributed by atoms with Gasteiger partial charge in [-0.05, 0) is 28.8 Å². The SMILES string of the molecule is O=C1NCc2c1cccc2-c1ccnc(F)c1. The highest BCUT2D eigenvalue weighted by Gasteiger charge is 2.21. The molecule has 0 saturated heterocycles. The second kappa shape index (κ2) is 3.66. The minimum Gasteiger partial charge on any atom is -0.348 e. The van der Waals surface area contributed by atoms with E-state index in [2.05, 4.69) is 10.3 Å². The molecular formula is C13H9FN2O. The van der Waals surface area contributed by atoms with E-state index >= 15 is 0 Å². The van der Waals surface area contributed by atoms with E-state index in [1.807, 2.05) is 6.07 Å². The number of aromatic nitrogens is 1. The van der Waals surface area contributed by atoms with Gasteiger partial charge in [-0.25, -0.2) is 4.98 Å². The Morgan fingerprint density at radius 1 is 1.24 bits per heavy atom. The van der Waals surface area contributed by atoms with Gasteiger partial charge in [0, 0.05) is 24.4 Å². The number of rotatable bonds is 1. The fraction of sp³-hybridized carbons (Fsp3) is 0.0769. The number of carbonyl (C=O) groups is 1. The molecule has 1 amide bonds. The highest BCUT2D eigenvalue weighted by molar-refractivity contribution is 6.00. The maximum atomic E-state index is 13.1. The number of carbonyl (C=O) groups excluding carboxylic acids is 1. The number of nitrogens with zero attached hydrogens (tertiary/aromatic N) is 1. The van der Waals surface area contributed by atoms with E-state index in [9.17, 15) is 9.18 Å². The predicted octanol–water partition coefficient (Wildman–Crippen LogP) is 2.13. The molecule has 3 rings (SSSR count). The van der Waals surface area contributed by atoms with Crippen LogP contribution in [0.15, 0.2) is 36.5 Å². The molecule has 0 unspecified atom stereocenters. The van der Waals surface area contributed by atoms with Gasteiger partial charge in [0.1, 0.15) is 0 Å². The summed E-state index contributed by atoms with van der Waals surface area (Å²) in [5, 5.41) is 2.76. The van der Waals surface area contributed by atoms with Crippen LogP contribution in [0.25, 0.3) is 11.1 Å². The summed E-state index contributed by atoms with van der Waals surface area (Å²) in [5.41, 5.74) is 3.20. The van der Waals surface area contributed by atoms with Crippen molar-refractivity contribution in [1.82, 2.24) is 10.3 Å². The van der Waals surface area contributed by atoms with E-state index in [0.29, 0.717) is 12.1 Å². The summed E-state index contributed by atoms with van der Waals surface area (Å²) < 4.78 is 13.1. The van der Waals surface area contributed by atoms with Crippen molar-refractivity contribution in [3.8, 4) is 11.1 Å². The average molecular weight is 228 g/mol. The van der Waals surface area contributed by atoms with Crippen LogP contribution in [0.1, 0.15) is 15.9 Å². The molecule has 0 saturated carbocycles. The third-order valence-electron chi connectivity index (χ3n) is 2.88. The molecule has 17 heavy (non-hydrogen) atoms. The van der Waals surface area contributed by atoms with Crippen LogP contribution in [0.3, 0.4) is 0 Å². The molecule has 2 heterocycles. The van der Waals surface area contributed by atoms with Gasteiger partial charge in [-0.3, -0.25) is 4.79 Å². The van der Waals surface area contributed by atoms with E-state index in [1.165, 1.54) is 12.3 Å². The summed E-state index contributed by atoms with van der Waals surface area (Å²) in [7, 11) is 0. The lowest BCUT2D eigenvalue weighted by atomic mass is 9.98. The summed E-state index contributed by atoms with van der Waals surface area (Å²) >= 11 is 0. The molecule has 2 aromatic rings. The van der Waals surface area contributed by atoms with Crippen LogP contribution < -0.4 is 5.32 Å². The number of nitrogens with one attached hydrogen (secondary N) is 1. The summed E-state index contributed by atoms with van der Waals surface area (Å²) in [4.78, 5) is 15.0. The number of pyridine rings is 1. The molecule has 4 heteroatoms. The van der Waals surface area contributed by atoms with Crippen LogP contribution in [-0.2, 0) is 6.54 Å². The van der Waals surface area contributed by atoms with Crippen molar-refractivity contribution in [2.75, 3.05) is 0 Å². The molecule has 1 aliphatic rings. The zero-order valence-electron chi connectivity index (χ0n) is 8.90. The first-order valence-electron chi connectivity index (χ1n) is 5.28. The van der Waals surface area contributed by atoms with Crippen molar-refractivity contribution < 1.29 is 9.18 Å². The molecule has 0 bridgehead atoms. The molecule has 0 fully saturated rings. The Kier molecular flexibility index (Phi) is 2.14. The highest BCUT2D eigenvalue weighted by atomic mass is 19.1. The van der Waals surface area contributed by atoms with E-state index < -0.39 is 5.95 Å². The van der Waals surface area contributed by atoms with Crippen molar-refractivity contribution >= 4 is 5.91 Å². The summed E-state index contributed by atoms with van der Waals surface area (Å²) in [6.07, 6.45) is 1.42. The van der Waals surface area contributed by atoms with E-state index in [0.717, 1.165) is 16.7 Å². The van der Waals surface area contributed by atoms with Gasteiger partial charge in [0.2, 0.25) is 5.95 Å². The quantitative estimate of drug-likeness (QED) is 0.760. The number of benzene rings is 1. The van der Waals surface area contributed by atoms with E-state index in [1.54, 1.807) is 18.2 Å². The number of hydrogen-bond acceptors (Lipinski definition) is 2. The van der Waals surface area contributed by atoms with Crippen LogP contribution in [0.5, 0.6) is 0 Å². The monoisotopic (exact) mass is 228 g/mol. The van der Waals surface area contributed by atoms with Crippen molar-refractivity contribution in [3.63, 3.8) is 0 Å². The predicted molar refractivity (Wildman–Crippen MR) is 60.8 cm³/mol. The van der Waals surface area contributed by atoms with Gasteiger partial charge in [-0.2, -0.15) is 4.39 Å². The highest BCUT2D eigenvalue weighted by Crippen LogP contribution is 2.28. The van der Waals surface area contributed by atoms with Crippen molar-refractivity contribution in [2.24, 2.45) is 0 Å². The van der Waals surface area contributed by atoms with Crippen molar-refractivity contribution in [2.45, 2.75) is 6.54 Å². The first-order valence-corrected chi connectivity index (χ1v) is 5.28. The Bertz CT molecular complexity index is 610. The molecule has 3 nitrogen and oxygen atoms in total. The molecular weight excluding hydrogens is 219 g/mol. The first-order chi connectivity index (χ1) is 8.25. The van der Waals surface area contributed by atoms with Crippen LogP contribution >= 0.6 is 0 Å². The fourth-order valence-corrected chi connectivity index (χ4v) is 2.09. The summed E-state index contributed by atoms with van der Waals surface area (Å²) in [6.45, 7) is 0.494. The third-order valence-corrected chi connectivity index (χ3v) is 2.88. The van der Waals surface area contributed by atoms with Crippen molar-refractivity contribution in [1.29, 1.82) is 0 Å². The topological polar surface area (TPSA) is 42.0 Å².